The van der Waals surface area contributed by atoms with Gasteiger partial charge in [0, 0.05) is 10.9 Å². The Morgan fingerprint density at radius 2 is 1.26 bits per heavy atom. The maximum Gasteiger partial charge on any atom is 0.146 e. The molecule has 0 fully saturated rings. The molecule has 0 unspecified atom stereocenters. The minimum absolute atomic E-state index is 0.233. The summed E-state index contributed by atoms with van der Waals surface area (Å²) < 4.78 is 15.2. The first kappa shape index (κ1) is 23.8. The predicted octanol–water partition coefficient (Wildman–Crippen LogP) is 8.46. The highest BCUT2D eigenvalue weighted by Gasteiger charge is 2.07. The number of benzene rings is 4. The molecule has 172 valence electrons. The van der Waals surface area contributed by atoms with Gasteiger partial charge in [0.2, 0.25) is 0 Å². The lowest BCUT2D eigenvalue weighted by Crippen LogP contribution is -1.93. The van der Waals surface area contributed by atoms with E-state index in [1.807, 2.05) is 30.3 Å². The zero-order chi connectivity index (χ0) is 23.8. The van der Waals surface area contributed by atoms with E-state index in [2.05, 4.69) is 68.2 Å². The molecule has 0 saturated heterocycles. The molecule has 0 radical (unpaired) electrons. The lowest BCUT2D eigenvalue weighted by molar-refractivity contribution is 0.636. The molecule has 0 spiro atoms. The second kappa shape index (κ2) is 11.7. The van der Waals surface area contributed by atoms with Gasteiger partial charge in [-0.15, -0.1) is 0 Å². The van der Waals surface area contributed by atoms with Gasteiger partial charge in [-0.3, -0.25) is 0 Å². The van der Waals surface area contributed by atoms with Gasteiger partial charge in [-0.25, -0.2) is 4.39 Å². The molecule has 0 nitrogen and oxygen atoms in total. The summed E-state index contributed by atoms with van der Waals surface area (Å²) in [6.45, 7) is 4.39. The van der Waals surface area contributed by atoms with Crippen LogP contribution >= 0.6 is 0 Å². The second-order valence-electron chi connectivity index (χ2n) is 9.06. The van der Waals surface area contributed by atoms with Crippen molar-refractivity contribution < 1.29 is 4.39 Å². The highest BCUT2D eigenvalue weighted by molar-refractivity contribution is 5.85. The van der Waals surface area contributed by atoms with E-state index < -0.39 is 0 Å². The lowest BCUT2D eigenvalue weighted by Gasteiger charge is -2.07. The number of hydrogen-bond donors (Lipinski definition) is 0. The standard InChI is InChI=1S/C33H33F/c1-3-5-6-7-26-12-14-28(15-13-26)18-20-30-21-22-31-24-29(19-23-32(31)33(30)34)17-16-27-10-8-25(4-2)9-11-27/h8-15,19,21-24H,3-7,16-17H2,1-2H3. The van der Waals surface area contributed by atoms with Crippen LogP contribution in [-0.4, -0.2) is 0 Å². The Morgan fingerprint density at radius 1 is 0.618 bits per heavy atom. The molecule has 0 amide bonds. The normalized spacial score (nSPS) is 10.8. The largest absolute Gasteiger partial charge is 0.205 e. The van der Waals surface area contributed by atoms with Crippen molar-refractivity contribution >= 4 is 10.8 Å². The molecule has 0 aliphatic carbocycles. The van der Waals surface area contributed by atoms with Gasteiger partial charge in [-0.05, 0) is 77.9 Å². The van der Waals surface area contributed by atoms with Crippen molar-refractivity contribution in [2.75, 3.05) is 0 Å². The maximum atomic E-state index is 15.2. The fourth-order valence-corrected chi connectivity index (χ4v) is 4.30. The van der Waals surface area contributed by atoms with E-state index in [9.17, 15) is 0 Å². The summed E-state index contributed by atoms with van der Waals surface area (Å²) in [6.07, 6.45) is 7.81. The first-order chi connectivity index (χ1) is 16.7. The van der Waals surface area contributed by atoms with Crippen LogP contribution < -0.4 is 0 Å². The minimum atomic E-state index is -0.233. The molecule has 1 heteroatoms. The van der Waals surface area contributed by atoms with Gasteiger partial charge in [-0.1, -0.05) is 99.2 Å². The zero-order valence-electron chi connectivity index (χ0n) is 20.3. The number of fused-ring (bicyclic) bond motifs is 1. The number of hydrogen-bond acceptors (Lipinski definition) is 0. The van der Waals surface area contributed by atoms with Crippen LogP contribution in [0.4, 0.5) is 4.39 Å². The maximum absolute atomic E-state index is 15.2. The number of aryl methyl sites for hydroxylation is 4. The Labute approximate surface area is 203 Å². The number of halogens is 1. The molecule has 4 aromatic rings. The van der Waals surface area contributed by atoms with Gasteiger partial charge in [0.1, 0.15) is 5.82 Å². The Hall–Kier alpha value is -3.37. The SMILES string of the molecule is CCCCCc1ccc(C#Cc2ccc3cc(CCc4ccc(CC)cc4)ccc3c2F)cc1. The number of unbranched alkanes of at least 4 members (excludes halogenated alkanes) is 2. The second-order valence-corrected chi connectivity index (χ2v) is 9.06. The molecule has 0 saturated carbocycles. The van der Waals surface area contributed by atoms with Gasteiger partial charge in [0.15, 0.2) is 0 Å². The molecule has 0 aliphatic rings. The molecule has 0 aromatic heterocycles. The third kappa shape index (κ3) is 6.15. The van der Waals surface area contributed by atoms with Crippen LogP contribution in [-0.2, 0) is 25.7 Å². The van der Waals surface area contributed by atoms with Gasteiger partial charge >= 0.3 is 0 Å². The first-order valence-electron chi connectivity index (χ1n) is 12.6. The average molecular weight is 449 g/mol. The van der Waals surface area contributed by atoms with Gasteiger partial charge in [-0.2, -0.15) is 0 Å². The summed E-state index contributed by atoms with van der Waals surface area (Å²) in [6, 6.07) is 27.0. The molecule has 4 rings (SSSR count). The van der Waals surface area contributed by atoms with Crippen LogP contribution in [0.25, 0.3) is 10.8 Å². The summed E-state index contributed by atoms with van der Waals surface area (Å²) in [4.78, 5) is 0. The zero-order valence-corrected chi connectivity index (χ0v) is 20.3. The Kier molecular flexibility index (Phi) is 8.16. The lowest BCUT2D eigenvalue weighted by atomic mass is 9.99. The van der Waals surface area contributed by atoms with Gasteiger partial charge in [0.05, 0.1) is 5.56 Å². The fourth-order valence-electron chi connectivity index (χ4n) is 4.30. The van der Waals surface area contributed by atoms with Gasteiger partial charge < -0.3 is 0 Å². The van der Waals surface area contributed by atoms with E-state index >= 15 is 4.39 Å². The molecular formula is C33H33F. The quantitative estimate of drug-likeness (QED) is 0.187. The van der Waals surface area contributed by atoms with E-state index in [1.165, 1.54) is 41.5 Å². The van der Waals surface area contributed by atoms with Crippen molar-refractivity contribution in [2.24, 2.45) is 0 Å². The topological polar surface area (TPSA) is 0 Å². The third-order valence-electron chi connectivity index (χ3n) is 6.52. The monoisotopic (exact) mass is 448 g/mol. The molecule has 4 aromatic carbocycles. The Bertz CT molecular complexity index is 1280. The molecule has 0 bridgehead atoms. The molecule has 0 heterocycles. The summed E-state index contributed by atoms with van der Waals surface area (Å²) in [7, 11) is 0. The highest BCUT2D eigenvalue weighted by atomic mass is 19.1. The predicted molar refractivity (Wildman–Crippen MR) is 143 cm³/mol. The van der Waals surface area contributed by atoms with E-state index in [4.69, 9.17) is 0 Å². The van der Waals surface area contributed by atoms with E-state index in [1.54, 1.807) is 6.07 Å². The van der Waals surface area contributed by atoms with E-state index in [-0.39, 0.29) is 5.82 Å². The average Bonchev–Trinajstić information content (AvgIpc) is 2.88. The number of rotatable bonds is 8. The molecule has 0 atom stereocenters. The summed E-state index contributed by atoms with van der Waals surface area (Å²) in [5.74, 6) is 5.93. The summed E-state index contributed by atoms with van der Waals surface area (Å²) in [5.41, 5.74) is 6.63. The van der Waals surface area contributed by atoms with Crippen LogP contribution in [0.5, 0.6) is 0 Å². The molecule has 34 heavy (non-hydrogen) atoms. The van der Waals surface area contributed by atoms with Crippen molar-refractivity contribution in [1.82, 2.24) is 0 Å². The van der Waals surface area contributed by atoms with E-state index in [0.29, 0.717) is 10.9 Å². The van der Waals surface area contributed by atoms with Crippen LogP contribution in [0.3, 0.4) is 0 Å². The highest BCUT2D eigenvalue weighted by Crippen LogP contribution is 2.23. The van der Waals surface area contributed by atoms with Crippen molar-refractivity contribution in [3.63, 3.8) is 0 Å². The summed E-state index contributed by atoms with van der Waals surface area (Å²) >= 11 is 0. The van der Waals surface area contributed by atoms with Crippen molar-refractivity contribution in [2.45, 2.75) is 58.8 Å². The van der Waals surface area contributed by atoms with Crippen LogP contribution in [0.15, 0.2) is 78.9 Å². The van der Waals surface area contributed by atoms with Gasteiger partial charge in [0.25, 0.3) is 0 Å². The van der Waals surface area contributed by atoms with E-state index in [0.717, 1.165) is 36.6 Å². The minimum Gasteiger partial charge on any atom is -0.205 e. The molecular weight excluding hydrogens is 415 g/mol. The smallest absolute Gasteiger partial charge is 0.146 e. The van der Waals surface area contributed by atoms with Crippen molar-refractivity contribution in [3.8, 4) is 11.8 Å². The van der Waals surface area contributed by atoms with Crippen LogP contribution in [0.2, 0.25) is 0 Å². The Morgan fingerprint density at radius 3 is 2.00 bits per heavy atom. The Balaban J connectivity index is 1.44. The molecule has 0 N–H and O–H groups in total. The van der Waals surface area contributed by atoms with Crippen molar-refractivity contribution in [1.29, 1.82) is 0 Å². The summed E-state index contributed by atoms with van der Waals surface area (Å²) in [5, 5.41) is 1.56. The third-order valence-corrected chi connectivity index (χ3v) is 6.52. The molecule has 0 aliphatic heterocycles. The van der Waals surface area contributed by atoms with Crippen LogP contribution in [0, 0.1) is 17.7 Å². The van der Waals surface area contributed by atoms with Crippen molar-refractivity contribution in [3.05, 3.63) is 118 Å². The van der Waals surface area contributed by atoms with Crippen LogP contribution in [0.1, 0.15) is 66.5 Å². The first-order valence-corrected chi connectivity index (χ1v) is 12.6. The fraction of sp³-hybridized carbons (Fsp3) is 0.273.